The van der Waals surface area contributed by atoms with Crippen LogP contribution in [0.25, 0.3) is 0 Å². The highest BCUT2D eigenvalue weighted by molar-refractivity contribution is 5.91. The molecule has 6 heteroatoms. The molecule has 0 atom stereocenters. The van der Waals surface area contributed by atoms with Crippen LogP contribution in [0, 0.1) is 5.92 Å². The van der Waals surface area contributed by atoms with E-state index >= 15 is 0 Å². The first-order valence-corrected chi connectivity index (χ1v) is 7.80. The Labute approximate surface area is 126 Å². The Hall–Kier alpha value is -1.40. The van der Waals surface area contributed by atoms with E-state index < -0.39 is 0 Å². The fourth-order valence-electron chi connectivity index (χ4n) is 2.85. The van der Waals surface area contributed by atoms with Gasteiger partial charge in [0.1, 0.15) is 5.82 Å². The lowest BCUT2D eigenvalue weighted by molar-refractivity contribution is -0.117. The van der Waals surface area contributed by atoms with Crippen LogP contribution >= 0.6 is 0 Å². The molecule has 0 spiro atoms. The lowest BCUT2D eigenvalue weighted by Gasteiger charge is -2.31. The third-order valence-corrected chi connectivity index (χ3v) is 3.99. The Balaban J connectivity index is 1.79. The van der Waals surface area contributed by atoms with Crippen LogP contribution in [0.15, 0.2) is 12.3 Å². The summed E-state index contributed by atoms with van der Waals surface area (Å²) in [6, 6.07) is 2.09. The maximum absolute atomic E-state index is 12.2. The molecule has 0 radical (unpaired) electrons. The maximum Gasteiger partial charge on any atom is 0.239 e. The quantitative estimate of drug-likeness (QED) is 0.831. The highest BCUT2D eigenvalue weighted by Gasteiger charge is 2.20. The van der Waals surface area contributed by atoms with Crippen LogP contribution in [0.1, 0.15) is 32.7 Å². The van der Waals surface area contributed by atoms with Crippen molar-refractivity contribution in [1.82, 2.24) is 20.0 Å². The number of likely N-dealkylation sites (tertiary alicyclic amines) is 1. The van der Waals surface area contributed by atoms with Gasteiger partial charge in [-0.1, -0.05) is 0 Å². The summed E-state index contributed by atoms with van der Waals surface area (Å²) >= 11 is 0. The summed E-state index contributed by atoms with van der Waals surface area (Å²) in [7, 11) is 2.00. The summed E-state index contributed by atoms with van der Waals surface area (Å²) in [5, 5.41) is 10.4. The maximum atomic E-state index is 12.2. The van der Waals surface area contributed by atoms with Crippen molar-refractivity contribution in [3.05, 3.63) is 12.3 Å². The molecule has 1 fully saturated rings. The molecule has 1 saturated heterocycles. The molecule has 1 aliphatic heterocycles. The molecule has 1 aliphatic rings. The third-order valence-electron chi connectivity index (χ3n) is 3.99. The van der Waals surface area contributed by atoms with Gasteiger partial charge in [0.15, 0.2) is 0 Å². The second-order valence-corrected chi connectivity index (χ2v) is 6.08. The van der Waals surface area contributed by atoms with Crippen molar-refractivity contribution in [1.29, 1.82) is 0 Å². The predicted molar refractivity (Wildman–Crippen MR) is 84.3 cm³/mol. The second kappa shape index (κ2) is 7.56. The number of nitrogens with one attached hydrogen (secondary N) is 2. The van der Waals surface area contributed by atoms with Crippen molar-refractivity contribution in [3.8, 4) is 0 Å². The van der Waals surface area contributed by atoms with Gasteiger partial charge in [0.25, 0.3) is 0 Å². The molecule has 0 bridgehead atoms. The van der Waals surface area contributed by atoms with Gasteiger partial charge < -0.3 is 10.6 Å². The zero-order valence-corrected chi connectivity index (χ0v) is 13.3. The van der Waals surface area contributed by atoms with Crippen LogP contribution in [-0.2, 0) is 4.79 Å². The van der Waals surface area contributed by atoms with Gasteiger partial charge in [-0.05, 0) is 59.3 Å². The molecule has 0 aliphatic carbocycles. The number of anilines is 1. The number of aromatic nitrogens is 2. The average molecular weight is 293 g/mol. The Kier molecular flexibility index (Phi) is 5.76. The smallest absolute Gasteiger partial charge is 0.239 e. The topological polar surface area (TPSA) is 62.2 Å². The van der Waals surface area contributed by atoms with E-state index in [1.807, 2.05) is 17.8 Å². The Morgan fingerprint density at radius 2 is 2.14 bits per heavy atom. The SMILES string of the molecule is CNCC1CCN(CC(=O)Nc2ccnn2C(C)C)CC1. The number of rotatable bonds is 6. The standard InChI is InChI=1S/C15H27N5O/c1-12(2)20-14(4-7-17-20)18-15(21)11-19-8-5-13(6-9-19)10-16-3/h4,7,12-13,16H,5-6,8-11H2,1-3H3,(H,18,21). The number of nitrogens with zero attached hydrogens (tertiary/aromatic N) is 3. The second-order valence-electron chi connectivity index (χ2n) is 6.08. The number of piperidine rings is 1. The molecule has 1 aromatic heterocycles. The minimum atomic E-state index is 0.0458. The molecule has 0 saturated carbocycles. The van der Waals surface area contributed by atoms with Gasteiger partial charge in [-0.2, -0.15) is 5.10 Å². The first kappa shape index (κ1) is 16.0. The van der Waals surface area contributed by atoms with Crippen molar-refractivity contribution >= 4 is 11.7 Å². The minimum absolute atomic E-state index is 0.0458. The largest absolute Gasteiger partial charge is 0.319 e. The van der Waals surface area contributed by atoms with Crippen LogP contribution in [-0.4, -0.2) is 53.8 Å². The lowest BCUT2D eigenvalue weighted by Crippen LogP contribution is -2.41. The van der Waals surface area contributed by atoms with Crippen molar-refractivity contribution in [2.75, 3.05) is 38.5 Å². The summed E-state index contributed by atoms with van der Waals surface area (Å²) in [5.41, 5.74) is 0. The molecule has 1 aromatic rings. The summed E-state index contributed by atoms with van der Waals surface area (Å²) in [6.45, 7) is 7.65. The third kappa shape index (κ3) is 4.54. The average Bonchev–Trinajstić information content (AvgIpc) is 2.89. The first-order valence-electron chi connectivity index (χ1n) is 7.80. The fourth-order valence-corrected chi connectivity index (χ4v) is 2.85. The molecule has 2 heterocycles. The van der Waals surface area contributed by atoms with Crippen molar-refractivity contribution < 1.29 is 4.79 Å². The van der Waals surface area contributed by atoms with E-state index in [-0.39, 0.29) is 11.9 Å². The van der Waals surface area contributed by atoms with Crippen LogP contribution in [0.3, 0.4) is 0 Å². The van der Waals surface area contributed by atoms with Crippen molar-refractivity contribution in [2.45, 2.75) is 32.7 Å². The Morgan fingerprint density at radius 3 is 2.76 bits per heavy atom. The van der Waals surface area contributed by atoms with Gasteiger partial charge in [-0.15, -0.1) is 0 Å². The number of carbonyl (C=O) groups is 1. The molecular formula is C15H27N5O. The number of hydrogen-bond donors (Lipinski definition) is 2. The highest BCUT2D eigenvalue weighted by Crippen LogP contribution is 2.17. The molecular weight excluding hydrogens is 266 g/mol. The summed E-state index contributed by atoms with van der Waals surface area (Å²) < 4.78 is 1.83. The zero-order valence-electron chi connectivity index (χ0n) is 13.3. The van der Waals surface area contributed by atoms with E-state index in [2.05, 4.69) is 34.5 Å². The van der Waals surface area contributed by atoms with Gasteiger partial charge in [0.05, 0.1) is 12.7 Å². The van der Waals surface area contributed by atoms with E-state index in [9.17, 15) is 4.79 Å². The molecule has 2 rings (SSSR count). The Morgan fingerprint density at radius 1 is 1.43 bits per heavy atom. The van der Waals surface area contributed by atoms with Crippen LogP contribution in [0.2, 0.25) is 0 Å². The molecule has 0 aromatic carbocycles. The highest BCUT2D eigenvalue weighted by atomic mass is 16.2. The fraction of sp³-hybridized carbons (Fsp3) is 0.733. The zero-order chi connectivity index (χ0) is 15.2. The normalized spacial score (nSPS) is 17.3. The van der Waals surface area contributed by atoms with Crippen LogP contribution < -0.4 is 10.6 Å². The predicted octanol–water partition coefficient (Wildman–Crippen LogP) is 1.33. The van der Waals surface area contributed by atoms with Gasteiger partial charge >= 0.3 is 0 Å². The van der Waals surface area contributed by atoms with E-state index in [0.717, 1.165) is 44.2 Å². The molecule has 1 amide bonds. The van der Waals surface area contributed by atoms with Gasteiger partial charge in [-0.3, -0.25) is 9.69 Å². The number of carbonyl (C=O) groups excluding carboxylic acids is 1. The molecule has 2 N–H and O–H groups in total. The Bertz CT molecular complexity index is 449. The van der Waals surface area contributed by atoms with Crippen molar-refractivity contribution in [2.24, 2.45) is 5.92 Å². The molecule has 118 valence electrons. The van der Waals surface area contributed by atoms with E-state index in [1.54, 1.807) is 6.20 Å². The van der Waals surface area contributed by atoms with Gasteiger partial charge in [0, 0.05) is 12.1 Å². The molecule has 21 heavy (non-hydrogen) atoms. The van der Waals surface area contributed by atoms with Gasteiger partial charge in [0.2, 0.25) is 5.91 Å². The molecule has 6 nitrogen and oxygen atoms in total. The number of amides is 1. The van der Waals surface area contributed by atoms with Crippen LogP contribution in [0.4, 0.5) is 5.82 Å². The van der Waals surface area contributed by atoms with Gasteiger partial charge in [-0.25, -0.2) is 4.68 Å². The van der Waals surface area contributed by atoms with E-state index in [1.165, 1.54) is 0 Å². The number of hydrogen-bond acceptors (Lipinski definition) is 4. The lowest BCUT2D eigenvalue weighted by atomic mass is 9.97. The first-order chi connectivity index (χ1) is 10.1. The minimum Gasteiger partial charge on any atom is -0.319 e. The summed E-state index contributed by atoms with van der Waals surface area (Å²) in [4.78, 5) is 14.4. The van der Waals surface area contributed by atoms with Crippen molar-refractivity contribution in [3.63, 3.8) is 0 Å². The molecule has 0 unspecified atom stereocenters. The van der Waals surface area contributed by atoms with E-state index in [0.29, 0.717) is 6.54 Å². The van der Waals surface area contributed by atoms with E-state index in [4.69, 9.17) is 0 Å². The van der Waals surface area contributed by atoms with Crippen LogP contribution in [0.5, 0.6) is 0 Å². The monoisotopic (exact) mass is 293 g/mol. The summed E-state index contributed by atoms with van der Waals surface area (Å²) in [5.74, 6) is 1.57. The summed E-state index contributed by atoms with van der Waals surface area (Å²) in [6.07, 6.45) is 4.05.